The molecule has 2 fully saturated rings. The average molecular weight is 593 g/mol. The van der Waals surface area contributed by atoms with Gasteiger partial charge in [0, 0.05) is 41.5 Å². The fourth-order valence-corrected chi connectivity index (χ4v) is 6.63. The van der Waals surface area contributed by atoms with E-state index < -0.39 is 11.5 Å². The van der Waals surface area contributed by atoms with Gasteiger partial charge in [0.25, 0.3) is 5.91 Å². The molecule has 3 aromatic carbocycles. The van der Waals surface area contributed by atoms with Gasteiger partial charge in [0.1, 0.15) is 0 Å². The van der Waals surface area contributed by atoms with Gasteiger partial charge in [0.05, 0.1) is 35.2 Å². The highest BCUT2D eigenvalue weighted by molar-refractivity contribution is 6.22. The summed E-state index contributed by atoms with van der Waals surface area (Å²) in [6.07, 6.45) is 2.84. The molecule has 44 heavy (non-hydrogen) atoms. The maximum atomic E-state index is 13.4. The number of carbonyl (C=O) groups excluding carboxylic acids is 3. The highest BCUT2D eigenvalue weighted by atomic mass is 16.5. The number of likely N-dealkylation sites (tertiary alicyclic amines) is 2. The van der Waals surface area contributed by atoms with Gasteiger partial charge in [-0.2, -0.15) is 0 Å². The number of aliphatic imine (C=N–C) groups is 1. The number of aromatic nitrogens is 1. The number of Topliss-reactive ketones (excluding diaryl/α,β-unsaturated/α-hetero) is 1. The van der Waals surface area contributed by atoms with Crippen LogP contribution < -0.4 is 0 Å². The van der Waals surface area contributed by atoms with Crippen molar-refractivity contribution < 1.29 is 24.2 Å². The number of methoxy groups -OCH3 is 1. The third-order valence-corrected chi connectivity index (χ3v) is 9.19. The van der Waals surface area contributed by atoms with Gasteiger partial charge in [-0.1, -0.05) is 30.3 Å². The van der Waals surface area contributed by atoms with Crippen molar-refractivity contribution in [2.75, 3.05) is 33.8 Å². The zero-order valence-electron chi connectivity index (χ0n) is 25.2. The number of H-pyrrole nitrogens is 1. The highest BCUT2D eigenvalue weighted by Crippen LogP contribution is 2.35. The third-order valence-electron chi connectivity index (χ3n) is 9.19. The number of rotatable bonds is 5. The molecule has 0 atom stereocenters. The molecule has 2 aliphatic heterocycles. The Labute approximate surface area is 256 Å². The largest absolute Gasteiger partial charge is 0.494 e. The third kappa shape index (κ3) is 5.17. The lowest BCUT2D eigenvalue weighted by molar-refractivity contribution is -0.137. The molecule has 0 saturated carbocycles. The zero-order chi connectivity index (χ0) is 31.0. The average Bonchev–Trinajstić information content (AvgIpc) is 3.36. The van der Waals surface area contributed by atoms with E-state index in [-0.39, 0.29) is 11.8 Å². The first-order valence-corrected chi connectivity index (χ1v) is 14.9. The van der Waals surface area contributed by atoms with Crippen molar-refractivity contribution in [1.29, 1.82) is 0 Å². The smallest absolute Gasteiger partial charge is 0.338 e. The van der Waals surface area contributed by atoms with Crippen LogP contribution in [0.3, 0.4) is 0 Å². The van der Waals surface area contributed by atoms with Crippen molar-refractivity contribution in [2.24, 2.45) is 4.99 Å². The van der Waals surface area contributed by atoms with E-state index in [2.05, 4.69) is 9.88 Å². The van der Waals surface area contributed by atoms with Gasteiger partial charge in [0.2, 0.25) is 0 Å². The molecular formula is C35H36N4O5. The van der Waals surface area contributed by atoms with Crippen LogP contribution in [-0.4, -0.2) is 82.6 Å². The van der Waals surface area contributed by atoms with Crippen molar-refractivity contribution in [3.05, 3.63) is 94.5 Å². The van der Waals surface area contributed by atoms with Crippen LogP contribution >= 0.6 is 0 Å². The summed E-state index contributed by atoms with van der Waals surface area (Å²) in [5.74, 6) is -0.280. The molecule has 226 valence electrons. The topological polar surface area (TPSA) is 115 Å². The minimum atomic E-state index is -0.453. The van der Waals surface area contributed by atoms with E-state index in [1.807, 2.05) is 55.3 Å². The molecular weight excluding hydrogens is 556 g/mol. The number of hydrogen-bond acceptors (Lipinski definition) is 7. The van der Waals surface area contributed by atoms with E-state index in [4.69, 9.17) is 9.73 Å². The van der Waals surface area contributed by atoms with Crippen LogP contribution in [0.5, 0.6) is 5.88 Å². The van der Waals surface area contributed by atoms with Crippen LogP contribution in [-0.2, 0) is 9.53 Å². The van der Waals surface area contributed by atoms with Gasteiger partial charge in [-0.25, -0.2) is 9.79 Å². The Bertz CT molecular complexity index is 1770. The van der Waals surface area contributed by atoms with Gasteiger partial charge in [-0.05, 0) is 81.7 Å². The van der Waals surface area contributed by atoms with E-state index >= 15 is 0 Å². The van der Waals surface area contributed by atoms with E-state index in [9.17, 15) is 19.5 Å². The molecule has 1 amide bonds. The van der Waals surface area contributed by atoms with Gasteiger partial charge in [-0.3, -0.25) is 14.5 Å². The molecule has 2 aliphatic rings. The number of piperidine rings is 2. The number of aryl methyl sites for hydroxylation is 1. The fourth-order valence-electron chi connectivity index (χ4n) is 6.63. The van der Waals surface area contributed by atoms with E-state index in [0.29, 0.717) is 82.7 Å². The van der Waals surface area contributed by atoms with Crippen LogP contribution in [0.2, 0.25) is 0 Å². The van der Waals surface area contributed by atoms with Gasteiger partial charge < -0.3 is 19.7 Å². The Morgan fingerprint density at radius 2 is 1.68 bits per heavy atom. The molecule has 2 saturated heterocycles. The lowest BCUT2D eigenvalue weighted by Gasteiger charge is -2.48. The first-order valence-electron chi connectivity index (χ1n) is 14.9. The first kappa shape index (κ1) is 29.3. The van der Waals surface area contributed by atoms with Crippen molar-refractivity contribution in [1.82, 2.24) is 14.8 Å². The summed E-state index contributed by atoms with van der Waals surface area (Å²) in [4.78, 5) is 50.5. The summed E-state index contributed by atoms with van der Waals surface area (Å²) in [6.45, 7) is 3.83. The zero-order valence-corrected chi connectivity index (χ0v) is 25.2. The number of benzene rings is 3. The predicted octanol–water partition coefficient (Wildman–Crippen LogP) is 5.41. The quantitative estimate of drug-likeness (QED) is 0.237. The van der Waals surface area contributed by atoms with Gasteiger partial charge >= 0.3 is 5.97 Å². The van der Waals surface area contributed by atoms with E-state index in [0.717, 1.165) is 18.5 Å². The number of likely N-dealkylation sites (N-methyl/N-ethyl adjacent to an activating group) is 1. The van der Waals surface area contributed by atoms with Crippen LogP contribution in [0.1, 0.15) is 63.1 Å². The molecule has 1 spiro atoms. The lowest BCUT2D eigenvalue weighted by atomic mass is 9.78. The molecule has 4 aromatic rings. The summed E-state index contributed by atoms with van der Waals surface area (Å²) < 4.78 is 4.92. The Morgan fingerprint density at radius 3 is 2.34 bits per heavy atom. The SMILES string of the molecule is COC(=O)c1cc2[nH]c(O)c(C(=Nc3ccc(C(=O)N4CCC5(CC4)C(=O)CCCN5C)cc3)c3ccccc3)c2cc1C. The van der Waals surface area contributed by atoms with Crippen molar-refractivity contribution >= 4 is 40.0 Å². The lowest BCUT2D eigenvalue weighted by Crippen LogP contribution is -2.61. The molecule has 0 aliphatic carbocycles. The summed E-state index contributed by atoms with van der Waals surface area (Å²) in [5, 5.41) is 11.8. The molecule has 9 heteroatoms. The number of nitrogens with one attached hydrogen (secondary N) is 1. The highest BCUT2D eigenvalue weighted by Gasteiger charge is 2.46. The number of hydrogen-bond donors (Lipinski definition) is 2. The molecule has 9 nitrogen and oxygen atoms in total. The van der Waals surface area contributed by atoms with Crippen molar-refractivity contribution in [2.45, 2.75) is 38.1 Å². The van der Waals surface area contributed by atoms with Gasteiger partial charge in [-0.15, -0.1) is 0 Å². The minimum absolute atomic E-state index is 0.0595. The molecule has 3 heterocycles. The van der Waals surface area contributed by atoms with E-state index in [1.54, 1.807) is 30.3 Å². The number of carbonyl (C=O) groups is 3. The summed E-state index contributed by atoms with van der Waals surface area (Å²) >= 11 is 0. The summed E-state index contributed by atoms with van der Waals surface area (Å²) in [5.41, 5.74) is 4.29. The molecule has 6 rings (SSSR count). The maximum absolute atomic E-state index is 13.4. The summed E-state index contributed by atoms with van der Waals surface area (Å²) in [7, 11) is 3.36. The monoisotopic (exact) mass is 592 g/mol. The Kier molecular flexibility index (Phi) is 7.82. The number of amides is 1. The second-order valence-corrected chi connectivity index (χ2v) is 11.7. The minimum Gasteiger partial charge on any atom is -0.494 e. The number of aromatic hydroxyl groups is 1. The van der Waals surface area contributed by atoms with Crippen LogP contribution in [0.15, 0.2) is 71.7 Å². The molecule has 2 N–H and O–H groups in total. The number of nitrogens with zero attached hydrogens (tertiary/aromatic N) is 3. The number of ether oxygens (including phenoxy) is 1. The van der Waals surface area contributed by atoms with Crippen LogP contribution in [0, 0.1) is 6.92 Å². The van der Waals surface area contributed by atoms with Crippen molar-refractivity contribution in [3.63, 3.8) is 0 Å². The Hall–Kier alpha value is -4.76. The fraction of sp³-hybridized carbons (Fsp3) is 0.314. The number of fused-ring (bicyclic) bond motifs is 1. The maximum Gasteiger partial charge on any atom is 0.338 e. The molecule has 1 aromatic heterocycles. The van der Waals surface area contributed by atoms with Crippen LogP contribution in [0.25, 0.3) is 10.9 Å². The van der Waals surface area contributed by atoms with E-state index in [1.165, 1.54) is 7.11 Å². The molecule has 0 bridgehead atoms. The van der Waals surface area contributed by atoms with Crippen molar-refractivity contribution in [3.8, 4) is 5.88 Å². The summed E-state index contributed by atoms with van der Waals surface area (Å²) in [6, 6.07) is 20.2. The first-order chi connectivity index (χ1) is 21.2. The molecule has 0 radical (unpaired) electrons. The predicted molar refractivity (Wildman–Crippen MR) is 169 cm³/mol. The normalized spacial score (nSPS) is 17.3. The number of ketones is 1. The molecule has 0 unspecified atom stereocenters. The Morgan fingerprint density at radius 1 is 0.977 bits per heavy atom. The van der Waals surface area contributed by atoms with Crippen LogP contribution in [0.4, 0.5) is 5.69 Å². The standard InChI is InChI=1S/C35H36N4O5/c1-22-20-27-28(21-26(22)34(43)44-3)37-32(41)30(27)31(23-8-5-4-6-9-23)36-25-13-11-24(12-14-25)33(42)39-18-15-35(16-19-39)29(40)10-7-17-38(35)2/h4-6,8-9,11-14,20-21,37,41H,7,10,15-19H2,1-3H3. The number of esters is 1. The second kappa shape index (κ2) is 11.7. The Balaban J connectivity index is 1.30. The number of aromatic amines is 1. The van der Waals surface area contributed by atoms with Gasteiger partial charge in [0.15, 0.2) is 11.7 Å². The second-order valence-electron chi connectivity index (χ2n) is 11.7.